The van der Waals surface area contributed by atoms with Crippen molar-refractivity contribution < 1.29 is 4.39 Å². The molecule has 3 heteroatoms. The van der Waals surface area contributed by atoms with Crippen LogP contribution < -0.4 is 5.32 Å². The van der Waals surface area contributed by atoms with Gasteiger partial charge in [0.05, 0.1) is 0 Å². The summed E-state index contributed by atoms with van der Waals surface area (Å²) >= 11 is 5.87. The summed E-state index contributed by atoms with van der Waals surface area (Å²) in [6.45, 7) is 4.80. The molecule has 1 aromatic rings. The molecule has 0 heterocycles. The van der Waals surface area contributed by atoms with E-state index in [2.05, 4.69) is 19.2 Å². The van der Waals surface area contributed by atoms with Crippen LogP contribution in [0.4, 0.5) is 4.39 Å². The van der Waals surface area contributed by atoms with Gasteiger partial charge in [0.1, 0.15) is 5.82 Å². The van der Waals surface area contributed by atoms with Crippen LogP contribution >= 0.6 is 11.6 Å². The Kier molecular flexibility index (Phi) is 4.55. The van der Waals surface area contributed by atoms with Crippen molar-refractivity contribution in [3.63, 3.8) is 0 Å². The fourth-order valence-corrected chi connectivity index (χ4v) is 1.51. The van der Waals surface area contributed by atoms with Gasteiger partial charge in [-0.3, -0.25) is 0 Å². The molecule has 0 bridgehead atoms. The first-order chi connectivity index (χ1) is 7.09. The van der Waals surface area contributed by atoms with Crippen LogP contribution in [0.15, 0.2) is 24.3 Å². The maximum atomic E-state index is 12.9. The van der Waals surface area contributed by atoms with Gasteiger partial charge >= 0.3 is 0 Å². The second-order valence-corrected chi connectivity index (χ2v) is 4.30. The molecule has 0 saturated carbocycles. The fraction of sp³-hybridized carbons (Fsp3) is 0.500. The van der Waals surface area contributed by atoms with Crippen molar-refractivity contribution in [1.29, 1.82) is 0 Å². The van der Waals surface area contributed by atoms with Crippen molar-refractivity contribution in [3.05, 3.63) is 35.6 Å². The van der Waals surface area contributed by atoms with E-state index in [0.29, 0.717) is 12.4 Å². The first kappa shape index (κ1) is 12.5. The summed E-state index contributed by atoms with van der Waals surface area (Å²) in [5.41, 5.74) is 0.869. The van der Waals surface area contributed by atoms with Crippen molar-refractivity contribution in [2.45, 2.75) is 32.4 Å². The molecule has 1 atom stereocenters. The second-order valence-electron chi connectivity index (χ2n) is 4.03. The molecule has 1 rings (SSSR count). The monoisotopic (exact) mass is 229 g/mol. The van der Waals surface area contributed by atoms with E-state index in [1.165, 1.54) is 12.1 Å². The van der Waals surface area contributed by atoms with Crippen LogP contribution in [0.5, 0.6) is 0 Å². The molecule has 1 aromatic carbocycles. The molecule has 1 nitrogen and oxygen atoms in total. The summed E-state index contributed by atoms with van der Waals surface area (Å²) in [4.78, 5) is 0. The van der Waals surface area contributed by atoms with Gasteiger partial charge in [-0.2, -0.15) is 0 Å². The normalized spacial score (nSPS) is 14.9. The highest BCUT2D eigenvalue weighted by Gasteiger charge is 2.19. The maximum absolute atomic E-state index is 12.9. The van der Waals surface area contributed by atoms with Crippen LogP contribution in [0.2, 0.25) is 0 Å². The number of hydrogen-bond acceptors (Lipinski definition) is 1. The third kappa shape index (κ3) is 3.80. The third-order valence-electron chi connectivity index (χ3n) is 2.68. The van der Waals surface area contributed by atoms with Gasteiger partial charge in [0.2, 0.25) is 0 Å². The predicted molar refractivity (Wildman–Crippen MR) is 62.7 cm³/mol. The standard InChI is InChI=1S/C12H17ClFN/c1-3-12(2,9-13)15-8-10-5-4-6-11(14)7-10/h4-7,15H,3,8-9H2,1-2H3. The summed E-state index contributed by atoms with van der Waals surface area (Å²) in [6.07, 6.45) is 0.950. The summed E-state index contributed by atoms with van der Waals surface area (Å²) in [6, 6.07) is 6.61. The molecule has 0 radical (unpaired) electrons. The first-order valence-electron chi connectivity index (χ1n) is 5.15. The van der Waals surface area contributed by atoms with E-state index >= 15 is 0 Å². The number of rotatable bonds is 5. The largest absolute Gasteiger partial charge is 0.306 e. The molecule has 0 saturated heterocycles. The molecule has 0 aliphatic rings. The average molecular weight is 230 g/mol. The number of benzene rings is 1. The summed E-state index contributed by atoms with van der Waals surface area (Å²) < 4.78 is 12.9. The molecule has 0 amide bonds. The van der Waals surface area contributed by atoms with E-state index in [1.807, 2.05) is 6.07 Å². The third-order valence-corrected chi connectivity index (χ3v) is 3.27. The average Bonchev–Trinajstić information content (AvgIpc) is 2.26. The lowest BCUT2D eigenvalue weighted by Crippen LogP contribution is -2.42. The summed E-state index contributed by atoms with van der Waals surface area (Å²) in [5, 5.41) is 3.34. The molecule has 0 spiro atoms. The zero-order chi connectivity index (χ0) is 11.3. The molecular formula is C12H17ClFN. The Morgan fingerprint density at radius 2 is 2.20 bits per heavy atom. The topological polar surface area (TPSA) is 12.0 Å². The van der Waals surface area contributed by atoms with Gasteiger partial charge in [-0.15, -0.1) is 11.6 Å². The maximum Gasteiger partial charge on any atom is 0.123 e. The zero-order valence-electron chi connectivity index (χ0n) is 9.19. The van der Waals surface area contributed by atoms with Crippen LogP contribution in [0.1, 0.15) is 25.8 Å². The fourth-order valence-electron chi connectivity index (χ4n) is 1.23. The van der Waals surface area contributed by atoms with Crippen LogP contribution in [0.3, 0.4) is 0 Å². The molecule has 1 N–H and O–H groups in total. The highest BCUT2D eigenvalue weighted by Crippen LogP contribution is 2.13. The Bertz CT molecular complexity index is 310. The summed E-state index contributed by atoms with van der Waals surface area (Å²) in [7, 11) is 0. The molecular weight excluding hydrogens is 213 g/mol. The van der Waals surface area contributed by atoms with E-state index in [1.54, 1.807) is 6.07 Å². The SMILES string of the molecule is CCC(C)(CCl)NCc1cccc(F)c1. The molecule has 84 valence electrons. The molecule has 0 aliphatic heterocycles. The van der Waals surface area contributed by atoms with Crippen LogP contribution in [-0.2, 0) is 6.54 Å². The molecule has 0 aliphatic carbocycles. The van der Waals surface area contributed by atoms with E-state index in [0.717, 1.165) is 12.0 Å². The van der Waals surface area contributed by atoms with Gasteiger partial charge < -0.3 is 5.32 Å². The number of halogens is 2. The molecule has 0 aromatic heterocycles. The van der Waals surface area contributed by atoms with Crippen molar-refractivity contribution in [2.24, 2.45) is 0 Å². The van der Waals surface area contributed by atoms with Gasteiger partial charge in [0.15, 0.2) is 0 Å². The van der Waals surface area contributed by atoms with E-state index in [9.17, 15) is 4.39 Å². The van der Waals surface area contributed by atoms with E-state index in [4.69, 9.17) is 11.6 Å². The minimum Gasteiger partial charge on any atom is -0.306 e. The Morgan fingerprint density at radius 3 is 2.73 bits per heavy atom. The highest BCUT2D eigenvalue weighted by molar-refractivity contribution is 6.18. The smallest absolute Gasteiger partial charge is 0.123 e. The van der Waals surface area contributed by atoms with Gasteiger partial charge in [-0.05, 0) is 31.0 Å². The highest BCUT2D eigenvalue weighted by atomic mass is 35.5. The molecule has 1 unspecified atom stereocenters. The Morgan fingerprint density at radius 1 is 1.47 bits per heavy atom. The Hall–Kier alpha value is -0.600. The predicted octanol–water partition coefficient (Wildman–Crippen LogP) is 3.32. The first-order valence-corrected chi connectivity index (χ1v) is 5.68. The van der Waals surface area contributed by atoms with E-state index < -0.39 is 0 Å². The van der Waals surface area contributed by atoms with E-state index in [-0.39, 0.29) is 11.4 Å². The lowest BCUT2D eigenvalue weighted by atomic mass is 10.0. The van der Waals surface area contributed by atoms with Gasteiger partial charge in [0, 0.05) is 18.0 Å². The number of alkyl halides is 1. The van der Waals surface area contributed by atoms with Crippen LogP contribution in [0.25, 0.3) is 0 Å². The zero-order valence-corrected chi connectivity index (χ0v) is 9.94. The van der Waals surface area contributed by atoms with Crippen LogP contribution in [0, 0.1) is 5.82 Å². The van der Waals surface area contributed by atoms with Crippen molar-refractivity contribution in [2.75, 3.05) is 5.88 Å². The number of nitrogens with one attached hydrogen (secondary N) is 1. The molecule has 15 heavy (non-hydrogen) atoms. The summed E-state index contributed by atoms with van der Waals surface area (Å²) in [5.74, 6) is 0.358. The Labute approximate surface area is 95.6 Å². The van der Waals surface area contributed by atoms with Crippen molar-refractivity contribution in [1.82, 2.24) is 5.32 Å². The second kappa shape index (κ2) is 5.47. The lowest BCUT2D eigenvalue weighted by molar-refractivity contribution is 0.379. The Balaban J connectivity index is 2.56. The van der Waals surface area contributed by atoms with Crippen molar-refractivity contribution in [3.8, 4) is 0 Å². The van der Waals surface area contributed by atoms with Crippen LogP contribution in [-0.4, -0.2) is 11.4 Å². The van der Waals surface area contributed by atoms with Crippen molar-refractivity contribution >= 4 is 11.6 Å². The molecule has 0 fully saturated rings. The van der Waals surface area contributed by atoms with Gasteiger partial charge in [0.25, 0.3) is 0 Å². The minimum absolute atomic E-state index is 0.0755. The quantitative estimate of drug-likeness (QED) is 0.764. The minimum atomic E-state index is -0.196. The lowest BCUT2D eigenvalue weighted by Gasteiger charge is -2.27. The number of hydrogen-bond donors (Lipinski definition) is 1. The van der Waals surface area contributed by atoms with Gasteiger partial charge in [-0.25, -0.2) is 4.39 Å². The van der Waals surface area contributed by atoms with Gasteiger partial charge in [-0.1, -0.05) is 19.1 Å².